The van der Waals surface area contributed by atoms with Gasteiger partial charge in [0.15, 0.2) is 5.82 Å². The zero-order valence-corrected chi connectivity index (χ0v) is 8.14. The molecule has 0 aromatic carbocycles. The molecule has 0 aliphatic heterocycles. The van der Waals surface area contributed by atoms with Gasteiger partial charge in [-0.3, -0.25) is 0 Å². The molecule has 0 aliphatic carbocycles. The second kappa shape index (κ2) is 2.85. The Bertz CT molecular complexity index is 236. The molecule has 11 heavy (non-hydrogen) atoms. The first kappa shape index (κ1) is 8.59. The quantitative estimate of drug-likeness (QED) is 0.644. The second-order valence-corrected chi connectivity index (χ2v) is 4.14. The topological polar surface area (TPSA) is 30.7 Å². The van der Waals surface area contributed by atoms with Crippen molar-refractivity contribution < 1.29 is 0 Å². The summed E-state index contributed by atoms with van der Waals surface area (Å²) in [5.74, 6) is 0.895. The summed E-state index contributed by atoms with van der Waals surface area (Å²) in [6.45, 7) is 6.31. The lowest BCUT2D eigenvalue weighted by Gasteiger charge is -2.11. The van der Waals surface area contributed by atoms with Crippen LogP contribution in [0, 0.1) is 0 Å². The normalized spacial score (nSPS) is 12.0. The minimum Gasteiger partial charge on any atom is -0.218 e. The second-order valence-electron chi connectivity index (χ2n) is 3.40. The van der Waals surface area contributed by atoms with Gasteiger partial charge in [0, 0.05) is 11.7 Å². The monoisotopic (exact) mass is 171 g/mol. The van der Waals surface area contributed by atoms with Crippen LogP contribution in [-0.4, -0.2) is 20.4 Å². The fourth-order valence-electron chi connectivity index (χ4n) is 0.681. The van der Waals surface area contributed by atoms with Crippen LogP contribution in [0.25, 0.3) is 0 Å². The molecule has 62 valence electrons. The highest BCUT2D eigenvalue weighted by molar-refractivity contribution is 7.97. The minimum atomic E-state index is 0.0565. The number of nitrogens with zero attached hydrogens (tertiary/aromatic N) is 3. The van der Waals surface area contributed by atoms with Crippen LogP contribution >= 0.6 is 11.9 Å². The van der Waals surface area contributed by atoms with Crippen LogP contribution in [-0.2, 0) is 5.41 Å². The van der Waals surface area contributed by atoms with Crippen LogP contribution in [0.15, 0.2) is 6.33 Å². The highest BCUT2D eigenvalue weighted by Gasteiger charge is 2.18. The lowest BCUT2D eigenvalue weighted by atomic mass is 9.96. The summed E-state index contributed by atoms with van der Waals surface area (Å²) < 4.78 is 1.76. The molecular weight excluding hydrogens is 158 g/mol. The Morgan fingerprint density at radius 1 is 1.45 bits per heavy atom. The lowest BCUT2D eigenvalue weighted by Crippen LogP contribution is -2.13. The summed E-state index contributed by atoms with van der Waals surface area (Å²) in [7, 11) is 0. The average Bonchev–Trinajstić information content (AvgIpc) is 2.32. The van der Waals surface area contributed by atoms with E-state index in [1.165, 1.54) is 0 Å². The summed E-state index contributed by atoms with van der Waals surface area (Å²) in [5, 5.41) is 4.27. The molecule has 0 amide bonds. The molecule has 3 nitrogen and oxygen atoms in total. The van der Waals surface area contributed by atoms with Crippen molar-refractivity contribution in [2.45, 2.75) is 26.2 Å². The van der Waals surface area contributed by atoms with Crippen LogP contribution in [0.5, 0.6) is 0 Å². The molecule has 1 heterocycles. The van der Waals surface area contributed by atoms with Gasteiger partial charge in [-0.2, -0.15) is 4.09 Å². The van der Waals surface area contributed by atoms with E-state index >= 15 is 0 Å². The van der Waals surface area contributed by atoms with Crippen LogP contribution in [0.2, 0.25) is 0 Å². The van der Waals surface area contributed by atoms with Gasteiger partial charge in [0.2, 0.25) is 0 Å². The highest BCUT2D eigenvalue weighted by Crippen LogP contribution is 2.17. The number of rotatable bonds is 1. The van der Waals surface area contributed by atoms with E-state index in [0.29, 0.717) is 0 Å². The third kappa shape index (κ3) is 1.96. The molecule has 0 unspecified atom stereocenters. The van der Waals surface area contributed by atoms with Crippen molar-refractivity contribution in [3.8, 4) is 0 Å². The minimum absolute atomic E-state index is 0.0565. The van der Waals surface area contributed by atoms with Gasteiger partial charge in [0.25, 0.3) is 0 Å². The maximum absolute atomic E-state index is 4.27. The predicted octanol–water partition coefficient (Wildman–Crippen LogP) is 1.70. The van der Waals surface area contributed by atoms with Gasteiger partial charge in [0.05, 0.1) is 0 Å². The molecular formula is C7H13N3S. The maximum Gasteiger partial charge on any atom is 0.156 e. The molecule has 0 saturated heterocycles. The van der Waals surface area contributed by atoms with Gasteiger partial charge in [0.1, 0.15) is 6.33 Å². The molecule has 0 saturated carbocycles. The Morgan fingerprint density at radius 3 is 2.36 bits per heavy atom. The first-order valence-corrected chi connectivity index (χ1v) is 4.69. The molecule has 0 spiro atoms. The van der Waals surface area contributed by atoms with Crippen molar-refractivity contribution in [3.63, 3.8) is 0 Å². The SMILES string of the molecule is CSn1cnc(C(C)(C)C)n1. The molecule has 4 heteroatoms. The fourth-order valence-corrected chi connectivity index (χ4v) is 0.981. The van der Waals surface area contributed by atoms with Crippen molar-refractivity contribution in [1.82, 2.24) is 14.2 Å². The summed E-state index contributed by atoms with van der Waals surface area (Å²) in [5.41, 5.74) is 0.0565. The van der Waals surface area contributed by atoms with Gasteiger partial charge in [-0.25, -0.2) is 4.98 Å². The molecule has 0 bridgehead atoms. The molecule has 0 aliphatic rings. The predicted molar refractivity (Wildman–Crippen MR) is 47.6 cm³/mol. The van der Waals surface area contributed by atoms with Crippen molar-refractivity contribution in [2.24, 2.45) is 0 Å². The van der Waals surface area contributed by atoms with E-state index in [1.807, 2.05) is 6.26 Å². The third-order valence-corrected chi connectivity index (χ3v) is 1.88. The van der Waals surface area contributed by atoms with E-state index in [1.54, 1.807) is 22.4 Å². The van der Waals surface area contributed by atoms with Gasteiger partial charge in [-0.1, -0.05) is 20.8 Å². The molecule has 0 atom stereocenters. The molecule has 1 aromatic heterocycles. The summed E-state index contributed by atoms with van der Waals surface area (Å²) >= 11 is 1.55. The Morgan fingerprint density at radius 2 is 2.09 bits per heavy atom. The van der Waals surface area contributed by atoms with Crippen molar-refractivity contribution in [2.75, 3.05) is 6.26 Å². The molecule has 1 rings (SSSR count). The molecule has 1 aromatic rings. The Hall–Kier alpha value is -0.510. The zero-order chi connectivity index (χ0) is 8.48. The smallest absolute Gasteiger partial charge is 0.156 e. The van der Waals surface area contributed by atoms with E-state index in [4.69, 9.17) is 0 Å². The van der Waals surface area contributed by atoms with E-state index in [0.717, 1.165) is 5.82 Å². The van der Waals surface area contributed by atoms with Gasteiger partial charge >= 0.3 is 0 Å². The summed E-state index contributed by atoms with van der Waals surface area (Å²) in [4.78, 5) is 4.19. The van der Waals surface area contributed by atoms with E-state index in [-0.39, 0.29) is 5.41 Å². The van der Waals surface area contributed by atoms with Crippen molar-refractivity contribution in [1.29, 1.82) is 0 Å². The number of aromatic nitrogens is 3. The Labute approximate surface area is 71.3 Å². The lowest BCUT2D eigenvalue weighted by molar-refractivity contribution is 0.547. The molecule has 0 fully saturated rings. The van der Waals surface area contributed by atoms with Crippen LogP contribution in [0.1, 0.15) is 26.6 Å². The van der Waals surface area contributed by atoms with Crippen LogP contribution < -0.4 is 0 Å². The molecule has 0 radical (unpaired) electrons. The third-order valence-electron chi connectivity index (χ3n) is 1.33. The van der Waals surface area contributed by atoms with Gasteiger partial charge in [-0.05, 0) is 11.9 Å². The van der Waals surface area contributed by atoms with Crippen LogP contribution in [0.3, 0.4) is 0 Å². The zero-order valence-electron chi connectivity index (χ0n) is 7.33. The first-order chi connectivity index (χ1) is 5.04. The largest absolute Gasteiger partial charge is 0.218 e. The van der Waals surface area contributed by atoms with E-state index in [2.05, 4.69) is 30.9 Å². The van der Waals surface area contributed by atoms with Crippen molar-refractivity contribution >= 4 is 11.9 Å². The number of hydrogen-bond acceptors (Lipinski definition) is 3. The van der Waals surface area contributed by atoms with E-state index in [9.17, 15) is 0 Å². The summed E-state index contributed by atoms with van der Waals surface area (Å²) in [6, 6.07) is 0. The first-order valence-electron chi connectivity index (χ1n) is 3.50. The maximum atomic E-state index is 4.27. The standard InChI is InChI=1S/C7H13N3S/c1-7(2,3)6-8-5-10(9-6)11-4/h5H,1-4H3. The number of hydrogen-bond donors (Lipinski definition) is 0. The van der Waals surface area contributed by atoms with Gasteiger partial charge < -0.3 is 0 Å². The van der Waals surface area contributed by atoms with E-state index < -0.39 is 0 Å². The fraction of sp³-hybridized carbons (Fsp3) is 0.714. The highest BCUT2D eigenvalue weighted by atomic mass is 32.2. The summed E-state index contributed by atoms with van der Waals surface area (Å²) in [6.07, 6.45) is 3.71. The molecule has 0 N–H and O–H groups in total. The van der Waals surface area contributed by atoms with Gasteiger partial charge in [-0.15, -0.1) is 5.10 Å². The average molecular weight is 171 g/mol. The van der Waals surface area contributed by atoms with Crippen LogP contribution in [0.4, 0.5) is 0 Å². The Kier molecular flexibility index (Phi) is 2.23. The van der Waals surface area contributed by atoms with Crippen molar-refractivity contribution in [3.05, 3.63) is 12.2 Å². The Balaban J connectivity index is 2.89.